The monoisotopic (exact) mass is 488 g/mol. The van der Waals surface area contributed by atoms with E-state index in [4.69, 9.17) is 5.10 Å². The number of aromatic nitrogens is 2. The maximum Gasteiger partial charge on any atom is 0.190 e. The molecule has 8 atom stereocenters. The van der Waals surface area contributed by atoms with Crippen LogP contribution in [0.2, 0.25) is 0 Å². The maximum atomic E-state index is 12.9. The number of fused-ring (bicyclic) bond motifs is 6. The van der Waals surface area contributed by atoms with Crippen molar-refractivity contribution in [3.05, 3.63) is 65.0 Å². The minimum Gasteiger partial charge on any atom is -0.393 e. The van der Waals surface area contributed by atoms with Crippen molar-refractivity contribution in [2.75, 3.05) is 6.61 Å². The predicted octanol–water partition coefficient (Wildman–Crippen LogP) is 3.73. The third-order valence-electron chi connectivity index (χ3n) is 10.4. The summed E-state index contributed by atoms with van der Waals surface area (Å²) in [7, 11) is 0. The van der Waals surface area contributed by atoms with Crippen LogP contribution in [0.4, 0.5) is 0 Å². The van der Waals surface area contributed by atoms with Gasteiger partial charge in [-0.15, -0.1) is 0 Å². The molecule has 4 aliphatic rings. The maximum absolute atomic E-state index is 12.9. The fourth-order valence-electron chi connectivity index (χ4n) is 8.89. The molecule has 0 spiro atoms. The largest absolute Gasteiger partial charge is 0.393 e. The number of Topliss-reactive ketones (excluding diaryl/α,β-unsaturated/α-hetero) is 1. The van der Waals surface area contributed by atoms with Crippen molar-refractivity contribution >= 4 is 11.9 Å². The van der Waals surface area contributed by atoms with E-state index in [2.05, 4.69) is 38.1 Å². The summed E-state index contributed by atoms with van der Waals surface area (Å²) in [6, 6.07) is 10.1. The van der Waals surface area contributed by atoms with E-state index < -0.39 is 29.5 Å². The van der Waals surface area contributed by atoms with E-state index in [1.165, 1.54) is 16.7 Å². The lowest BCUT2D eigenvalue weighted by atomic mass is 9.46. The third-order valence-corrected chi connectivity index (χ3v) is 10.4. The van der Waals surface area contributed by atoms with Gasteiger partial charge in [-0.1, -0.05) is 50.6 Å². The molecule has 36 heavy (non-hydrogen) atoms. The zero-order chi connectivity index (χ0) is 25.6. The van der Waals surface area contributed by atoms with Crippen LogP contribution in [0.1, 0.15) is 51.8 Å². The molecule has 1 aromatic heterocycles. The Kier molecular flexibility index (Phi) is 5.12. The van der Waals surface area contributed by atoms with Gasteiger partial charge < -0.3 is 15.3 Å². The van der Waals surface area contributed by atoms with Crippen LogP contribution in [0.5, 0.6) is 0 Å². The second-order valence-corrected chi connectivity index (χ2v) is 12.2. The van der Waals surface area contributed by atoms with Gasteiger partial charge in [-0.25, -0.2) is 4.68 Å². The molecule has 1 heterocycles. The zero-order valence-electron chi connectivity index (χ0n) is 21.5. The number of hydrogen-bond donors (Lipinski definition) is 3. The van der Waals surface area contributed by atoms with Crippen molar-refractivity contribution in [2.45, 2.75) is 58.7 Å². The van der Waals surface area contributed by atoms with Crippen LogP contribution in [0.15, 0.2) is 53.8 Å². The molecule has 4 aliphatic carbocycles. The van der Waals surface area contributed by atoms with E-state index in [0.29, 0.717) is 12.8 Å². The van der Waals surface area contributed by atoms with Gasteiger partial charge in [0.25, 0.3) is 0 Å². The van der Waals surface area contributed by atoms with Gasteiger partial charge in [0.05, 0.1) is 23.7 Å². The van der Waals surface area contributed by atoms with E-state index in [1.54, 1.807) is 0 Å². The Hall–Kier alpha value is -2.54. The highest BCUT2D eigenvalue weighted by atomic mass is 16.3. The summed E-state index contributed by atoms with van der Waals surface area (Å²) in [5, 5.41) is 37.9. The number of benzene rings is 1. The number of rotatable bonds is 3. The molecule has 2 aromatic rings. The summed E-state index contributed by atoms with van der Waals surface area (Å²) in [5.74, 6) is -0.751. The third kappa shape index (κ3) is 2.84. The number of nitrogens with zero attached hydrogens (tertiary/aromatic N) is 2. The molecule has 0 saturated heterocycles. The highest BCUT2D eigenvalue weighted by Gasteiger charge is 2.70. The molecule has 2 saturated carbocycles. The van der Waals surface area contributed by atoms with Crippen LogP contribution >= 0.6 is 0 Å². The van der Waals surface area contributed by atoms with E-state index in [1.807, 2.05) is 42.9 Å². The molecule has 0 aliphatic heterocycles. The number of carbonyl (C=O) groups is 1. The summed E-state index contributed by atoms with van der Waals surface area (Å²) in [4.78, 5) is 12.9. The molecule has 6 heteroatoms. The van der Waals surface area contributed by atoms with Gasteiger partial charge in [-0.3, -0.25) is 4.79 Å². The first-order valence-corrected chi connectivity index (χ1v) is 13.1. The molecule has 0 bridgehead atoms. The Labute approximate surface area is 212 Å². The van der Waals surface area contributed by atoms with Crippen LogP contribution in [0, 0.1) is 34.5 Å². The summed E-state index contributed by atoms with van der Waals surface area (Å²) < 4.78 is 1.99. The number of allylic oxidation sites excluding steroid dienone is 3. The zero-order valence-corrected chi connectivity index (χ0v) is 21.5. The number of ketones is 1. The second-order valence-electron chi connectivity index (χ2n) is 12.2. The van der Waals surface area contributed by atoms with Crippen LogP contribution in [0.25, 0.3) is 11.8 Å². The molecular formula is C30H36N2O4. The minimum atomic E-state index is -1.63. The Morgan fingerprint density at radius 2 is 1.94 bits per heavy atom. The van der Waals surface area contributed by atoms with Crippen molar-refractivity contribution in [3.8, 4) is 5.69 Å². The Bertz CT molecular complexity index is 1300. The van der Waals surface area contributed by atoms with Gasteiger partial charge in [-0.05, 0) is 73.3 Å². The van der Waals surface area contributed by atoms with E-state index in [9.17, 15) is 20.1 Å². The average Bonchev–Trinajstić information content (AvgIpc) is 3.34. The van der Waals surface area contributed by atoms with E-state index in [-0.39, 0.29) is 29.1 Å². The van der Waals surface area contributed by atoms with Crippen molar-refractivity contribution in [1.29, 1.82) is 0 Å². The quantitative estimate of drug-likeness (QED) is 0.612. The first-order chi connectivity index (χ1) is 17.1. The fourth-order valence-corrected chi connectivity index (χ4v) is 8.89. The van der Waals surface area contributed by atoms with Crippen LogP contribution < -0.4 is 0 Å². The molecule has 6 rings (SSSR count). The molecule has 3 N–H and O–H groups in total. The van der Waals surface area contributed by atoms with Crippen molar-refractivity contribution in [3.63, 3.8) is 0 Å². The van der Waals surface area contributed by atoms with Crippen LogP contribution in [0.3, 0.4) is 0 Å². The van der Waals surface area contributed by atoms with E-state index in [0.717, 1.165) is 17.8 Å². The van der Waals surface area contributed by atoms with Gasteiger partial charge in [0.1, 0.15) is 12.2 Å². The first-order valence-electron chi connectivity index (χ1n) is 13.1. The van der Waals surface area contributed by atoms with Gasteiger partial charge in [0, 0.05) is 16.7 Å². The average molecular weight is 489 g/mol. The number of para-hydroxylation sites is 1. The smallest absolute Gasteiger partial charge is 0.190 e. The van der Waals surface area contributed by atoms with Gasteiger partial charge in [-0.2, -0.15) is 5.10 Å². The van der Waals surface area contributed by atoms with Crippen molar-refractivity contribution in [1.82, 2.24) is 9.78 Å². The molecule has 6 nitrogen and oxygen atoms in total. The summed E-state index contributed by atoms with van der Waals surface area (Å²) in [6.07, 6.45) is 7.65. The van der Waals surface area contributed by atoms with Gasteiger partial charge >= 0.3 is 0 Å². The standard InChI is InChI=1S/C30H36N2O4/c1-17-10-21-23-11-18(2)30(36,26(35)16-33)29(23,4)14-25(34)27(21)28(3)13-19-15-31-32(24(19)12-22(17)28)20-8-6-5-7-9-20/h5-10,12,15,18,21,23,25,27,33-34,36H,11,13-14,16H2,1-4H3/t18-,21?,23+,25?,27-,28?,29?,30+/m1/s1. The molecule has 1 aromatic carbocycles. The Morgan fingerprint density at radius 1 is 1.22 bits per heavy atom. The second kappa shape index (κ2) is 7.73. The topological polar surface area (TPSA) is 95.6 Å². The van der Waals surface area contributed by atoms with E-state index >= 15 is 0 Å². The minimum absolute atomic E-state index is 0.0301. The molecule has 0 radical (unpaired) electrons. The highest BCUT2D eigenvalue weighted by Crippen LogP contribution is 2.68. The first kappa shape index (κ1) is 23.8. The van der Waals surface area contributed by atoms with Gasteiger partial charge in [0.2, 0.25) is 0 Å². The molecule has 0 amide bonds. The number of aliphatic hydroxyl groups excluding tert-OH is 2. The Balaban J connectivity index is 1.46. The highest BCUT2D eigenvalue weighted by molar-refractivity contribution is 5.90. The van der Waals surface area contributed by atoms with Gasteiger partial charge in [0.15, 0.2) is 5.78 Å². The summed E-state index contributed by atoms with van der Waals surface area (Å²) in [5.41, 5.74) is 3.01. The molecule has 190 valence electrons. The van der Waals surface area contributed by atoms with Crippen molar-refractivity contribution < 1.29 is 20.1 Å². The molecule has 2 fully saturated rings. The lowest BCUT2D eigenvalue weighted by Crippen LogP contribution is -2.62. The summed E-state index contributed by atoms with van der Waals surface area (Å²) in [6.45, 7) is 7.60. The number of aliphatic hydroxyl groups is 3. The Morgan fingerprint density at radius 3 is 2.64 bits per heavy atom. The lowest BCUT2D eigenvalue weighted by Gasteiger charge is -2.59. The van der Waals surface area contributed by atoms with Crippen molar-refractivity contribution in [2.24, 2.45) is 34.5 Å². The number of carbonyl (C=O) groups excluding carboxylic acids is 1. The normalized spacial score (nSPS) is 40.9. The SMILES string of the molecule is CC1=CC2[C@H](C(O)CC3(C)[C@H]2C[C@@H](C)[C@]3(O)C(=O)CO)C2(C)Cc3cnn(-c4ccccc4)c3C=C12. The van der Waals surface area contributed by atoms with Crippen LogP contribution in [-0.2, 0) is 11.2 Å². The lowest BCUT2D eigenvalue weighted by molar-refractivity contribution is -0.179. The molecule has 4 unspecified atom stereocenters. The summed E-state index contributed by atoms with van der Waals surface area (Å²) >= 11 is 0. The predicted molar refractivity (Wildman–Crippen MR) is 137 cm³/mol. The number of hydrogen-bond acceptors (Lipinski definition) is 5. The fraction of sp³-hybridized carbons (Fsp3) is 0.533. The van der Waals surface area contributed by atoms with Crippen LogP contribution in [-0.4, -0.2) is 49.2 Å². The molecular weight excluding hydrogens is 452 g/mol.